The monoisotopic (exact) mass is 308 g/mol. The van der Waals surface area contributed by atoms with Crippen LogP contribution in [0.25, 0.3) is 22.4 Å². The topological polar surface area (TPSA) is 34.0 Å². The Bertz CT molecular complexity index is 744. The summed E-state index contributed by atoms with van der Waals surface area (Å²) in [6, 6.07) is 12.4. The highest BCUT2D eigenvalue weighted by Gasteiger charge is 2.12. The maximum atomic E-state index is 4.84. The predicted octanol–water partition coefficient (Wildman–Crippen LogP) is 3.83. The third kappa shape index (κ3) is 3.42. The molecule has 0 fully saturated rings. The van der Waals surface area contributed by atoms with Crippen LogP contribution in [0.1, 0.15) is 20.3 Å². The third-order valence-corrected chi connectivity index (χ3v) is 4.34. The second kappa shape index (κ2) is 7.38. The number of pyridine rings is 1. The average Bonchev–Trinajstić information content (AvgIpc) is 2.98. The van der Waals surface area contributed by atoms with Crippen molar-refractivity contribution in [1.82, 2.24) is 19.4 Å². The van der Waals surface area contributed by atoms with E-state index < -0.39 is 0 Å². The summed E-state index contributed by atoms with van der Waals surface area (Å²) in [6.07, 6.45) is 4.78. The first kappa shape index (κ1) is 15.7. The number of fused-ring (bicyclic) bond motifs is 1. The van der Waals surface area contributed by atoms with E-state index in [1.165, 1.54) is 5.52 Å². The van der Waals surface area contributed by atoms with Crippen LogP contribution in [-0.4, -0.2) is 39.1 Å². The number of imidazole rings is 1. The zero-order valence-electron chi connectivity index (χ0n) is 13.9. The number of rotatable bonds is 7. The molecule has 0 aliphatic heterocycles. The van der Waals surface area contributed by atoms with E-state index in [4.69, 9.17) is 4.98 Å². The number of nitrogens with zero attached hydrogens (tertiary/aromatic N) is 4. The molecular weight excluding hydrogens is 284 g/mol. The van der Waals surface area contributed by atoms with Gasteiger partial charge in [-0.1, -0.05) is 26.0 Å². The van der Waals surface area contributed by atoms with Gasteiger partial charge < -0.3 is 9.47 Å². The van der Waals surface area contributed by atoms with Crippen LogP contribution in [0.3, 0.4) is 0 Å². The van der Waals surface area contributed by atoms with Crippen molar-refractivity contribution in [3.05, 3.63) is 48.8 Å². The molecule has 0 unspecified atom stereocenters. The average molecular weight is 308 g/mol. The van der Waals surface area contributed by atoms with E-state index in [-0.39, 0.29) is 0 Å². The molecule has 23 heavy (non-hydrogen) atoms. The molecule has 3 aromatic rings. The van der Waals surface area contributed by atoms with Gasteiger partial charge in [-0.3, -0.25) is 4.98 Å². The van der Waals surface area contributed by atoms with E-state index in [1.54, 1.807) is 0 Å². The Balaban J connectivity index is 1.91. The van der Waals surface area contributed by atoms with Gasteiger partial charge >= 0.3 is 0 Å². The molecule has 0 amide bonds. The van der Waals surface area contributed by atoms with Crippen molar-refractivity contribution in [2.75, 3.05) is 19.6 Å². The Hall–Kier alpha value is -2.20. The minimum Gasteiger partial charge on any atom is -0.324 e. The van der Waals surface area contributed by atoms with Crippen LogP contribution in [0.4, 0.5) is 0 Å². The predicted molar refractivity (Wildman–Crippen MR) is 95.4 cm³/mol. The Kier molecular flexibility index (Phi) is 5.03. The molecule has 2 heterocycles. The Morgan fingerprint density at radius 2 is 1.74 bits per heavy atom. The van der Waals surface area contributed by atoms with Crippen molar-refractivity contribution in [3.63, 3.8) is 0 Å². The molecule has 0 radical (unpaired) electrons. The van der Waals surface area contributed by atoms with Gasteiger partial charge in [-0.2, -0.15) is 0 Å². The lowest BCUT2D eigenvalue weighted by Crippen LogP contribution is -2.24. The van der Waals surface area contributed by atoms with E-state index in [2.05, 4.69) is 46.5 Å². The van der Waals surface area contributed by atoms with Gasteiger partial charge in [-0.05, 0) is 50.3 Å². The summed E-state index contributed by atoms with van der Waals surface area (Å²) in [5, 5.41) is 0. The standard InChI is InChI=1S/C19H24N4/c1-3-22(4-2)14-7-15-23-18-9-6-5-8-17(18)21-19(23)16-10-12-20-13-11-16/h5-6,8-13H,3-4,7,14-15H2,1-2H3. The molecule has 0 atom stereocenters. The first-order chi connectivity index (χ1) is 11.3. The van der Waals surface area contributed by atoms with Gasteiger partial charge in [-0.25, -0.2) is 4.98 Å². The Labute approximate surface area is 137 Å². The molecular formula is C19H24N4. The summed E-state index contributed by atoms with van der Waals surface area (Å²) < 4.78 is 2.34. The number of aryl methyl sites for hydroxylation is 1. The molecule has 4 nitrogen and oxygen atoms in total. The first-order valence-corrected chi connectivity index (χ1v) is 8.41. The lowest BCUT2D eigenvalue weighted by molar-refractivity contribution is 0.294. The summed E-state index contributed by atoms with van der Waals surface area (Å²) in [5.74, 6) is 1.04. The fourth-order valence-corrected chi connectivity index (χ4v) is 3.02. The number of hydrogen-bond donors (Lipinski definition) is 0. The normalized spacial score (nSPS) is 11.4. The van der Waals surface area contributed by atoms with E-state index in [1.807, 2.05) is 30.6 Å². The van der Waals surface area contributed by atoms with Gasteiger partial charge in [0.2, 0.25) is 0 Å². The van der Waals surface area contributed by atoms with Gasteiger partial charge in [-0.15, -0.1) is 0 Å². The van der Waals surface area contributed by atoms with Gasteiger partial charge in [0.15, 0.2) is 0 Å². The largest absolute Gasteiger partial charge is 0.324 e. The smallest absolute Gasteiger partial charge is 0.141 e. The third-order valence-electron chi connectivity index (χ3n) is 4.34. The first-order valence-electron chi connectivity index (χ1n) is 8.41. The molecule has 0 saturated heterocycles. The van der Waals surface area contributed by atoms with Gasteiger partial charge in [0.25, 0.3) is 0 Å². The van der Waals surface area contributed by atoms with Crippen molar-refractivity contribution >= 4 is 11.0 Å². The highest BCUT2D eigenvalue weighted by atomic mass is 15.1. The number of para-hydroxylation sites is 2. The summed E-state index contributed by atoms with van der Waals surface area (Å²) in [4.78, 5) is 11.4. The molecule has 0 saturated carbocycles. The fraction of sp³-hybridized carbons (Fsp3) is 0.368. The second-order valence-corrected chi connectivity index (χ2v) is 5.69. The van der Waals surface area contributed by atoms with Crippen molar-refractivity contribution in [2.24, 2.45) is 0 Å². The zero-order chi connectivity index (χ0) is 16.1. The van der Waals surface area contributed by atoms with Gasteiger partial charge in [0.05, 0.1) is 11.0 Å². The zero-order valence-corrected chi connectivity index (χ0v) is 13.9. The quantitative estimate of drug-likeness (QED) is 0.665. The van der Waals surface area contributed by atoms with Crippen molar-refractivity contribution < 1.29 is 0 Å². The summed E-state index contributed by atoms with van der Waals surface area (Å²) in [6.45, 7) is 8.76. The lowest BCUT2D eigenvalue weighted by atomic mass is 10.2. The summed E-state index contributed by atoms with van der Waals surface area (Å²) in [5.41, 5.74) is 3.39. The van der Waals surface area contributed by atoms with Crippen LogP contribution in [0.5, 0.6) is 0 Å². The number of hydrogen-bond acceptors (Lipinski definition) is 3. The minimum absolute atomic E-state index is 0.981. The Morgan fingerprint density at radius 1 is 1.00 bits per heavy atom. The molecule has 3 rings (SSSR count). The highest BCUT2D eigenvalue weighted by Crippen LogP contribution is 2.24. The summed E-state index contributed by atoms with van der Waals surface area (Å²) >= 11 is 0. The van der Waals surface area contributed by atoms with Crippen LogP contribution < -0.4 is 0 Å². The molecule has 120 valence electrons. The maximum Gasteiger partial charge on any atom is 0.141 e. The molecule has 0 N–H and O–H groups in total. The molecule has 4 heteroatoms. The van der Waals surface area contributed by atoms with E-state index in [0.717, 1.165) is 49.5 Å². The number of benzene rings is 1. The van der Waals surface area contributed by atoms with Crippen LogP contribution in [0.2, 0.25) is 0 Å². The van der Waals surface area contributed by atoms with Crippen LogP contribution in [0, 0.1) is 0 Å². The van der Waals surface area contributed by atoms with Gasteiger partial charge in [0, 0.05) is 24.5 Å². The molecule has 0 aliphatic carbocycles. The molecule has 1 aromatic carbocycles. The second-order valence-electron chi connectivity index (χ2n) is 5.69. The lowest BCUT2D eigenvalue weighted by Gasteiger charge is -2.18. The van der Waals surface area contributed by atoms with Crippen LogP contribution in [-0.2, 0) is 6.54 Å². The van der Waals surface area contributed by atoms with Crippen molar-refractivity contribution in [2.45, 2.75) is 26.8 Å². The number of aromatic nitrogens is 3. The maximum absolute atomic E-state index is 4.84. The molecule has 0 spiro atoms. The molecule has 0 bridgehead atoms. The van der Waals surface area contributed by atoms with Crippen molar-refractivity contribution in [1.29, 1.82) is 0 Å². The van der Waals surface area contributed by atoms with E-state index >= 15 is 0 Å². The van der Waals surface area contributed by atoms with Crippen LogP contribution >= 0.6 is 0 Å². The van der Waals surface area contributed by atoms with E-state index in [0.29, 0.717) is 0 Å². The molecule has 2 aromatic heterocycles. The fourth-order valence-electron chi connectivity index (χ4n) is 3.02. The van der Waals surface area contributed by atoms with E-state index in [9.17, 15) is 0 Å². The SMILES string of the molecule is CCN(CC)CCCn1c(-c2ccncc2)nc2ccccc21. The minimum atomic E-state index is 0.981. The highest BCUT2D eigenvalue weighted by molar-refractivity contribution is 5.80. The summed E-state index contributed by atoms with van der Waals surface area (Å²) in [7, 11) is 0. The van der Waals surface area contributed by atoms with Crippen LogP contribution in [0.15, 0.2) is 48.8 Å². The van der Waals surface area contributed by atoms with Crippen molar-refractivity contribution in [3.8, 4) is 11.4 Å². The molecule has 0 aliphatic rings. The van der Waals surface area contributed by atoms with Gasteiger partial charge in [0.1, 0.15) is 5.82 Å². The Morgan fingerprint density at radius 3 is 2.48 bits per heavy atom.